The van der Waals surface area contributed by atoms with Crippen LogP contribution in [0, 0.1) is 6.92 Å². The molecule has 12 heteroatoms. The zero-order valence-corrected chi connectivity index (χ0v) is 19.4. The van der Waals surface area contributed by atoms with Gasteiger partial charge < -0.3 is 20.4 Å². The van der Waals surface area contributed by atoms with Crippen LogP contribution in [0.25, 0.3) is 0 Å². The van der Waals surface area contributed by atoms with Crippen LogP contribution >= 0.6 is 11.6 Å². The highest BCUT2D eigenvalue weighted by atomic mass is 35.5. The summed E-state index contributed by atoms with van der Waals surface area (Å²) >= 11 is 5.62. The second-order valence-electron chi connectivity index (χ2n) is 8.02. The molecular formula is C23H22ClF3N6O2. The highest BCUT2D eigenvalue weighted by Gasteiger charge is 2.33. The van der Waals surface area contributed by atoms with E-state index in [1.54, 1.807) is 17.0 Å². The molecule has 1 aliphatic heterocycles. The third kappa shape index (κ3) is 5.68. The third-order valence-electron chi connectivity index (χ3n) is 5.65. The van der Waals surface area contributed by atoms with Crippen LogP contribution in [0.3, 0.4) is 0 Å². The van der Waals surface area contributed by atoms with Gasteiger partial charge in [-0.3, -0.25) is 9.89 Å². The molecule has 0 spiro atoms. The molecule has 1 aliphatic rings. The third-order valence-corrected chi connectivity index (χ3v) is 5.98. The molecule has 0 bridgehead atoms. The number of nitrogens with one attached hydrogen (secondary N) is 3. The first-order valence-electron chi connectivity index (χ1n) is 10.7. The lowest BCUT2D eigenvalue weighted by atomic mass is 10.1. The van der Waals surface area contributed by atoms with Crippen molar-refractivity contribution in [1.82, 2.24) is 15.1 Å². The number of aromatic amines is 1. The van der Waals surface area contributed by atoms with Crippen LogP contribution in [0.1, 0.15) is 21.6 Å². The number of piperazine rings is 1. The summed E-state index contributed by atoms with van der Waals surface area (Å²) in [6, 6.07) is 9.62. The second-order valence-corrected chi connectivity index (χ2v) is 8.43. The van der Waals surface area contributed by atoms with Gasteiger partial charge in [-0.25, -0.2) is 4.79 Å². The van der Waals surface area contributed by atoms with Gasteiger partial charge in [0.05, 0.1) is 10.6 Å². The summed E-state index contributed by atoms with van der Waals surface area (Å²) in [5.74, 6) is -0.0908. The molecule has 3 aromatic rings. The number of amides is 3. The van der Waals surface area contributed by atoms with Gasteiger partial charge in [0, 0.05) is 49.4 Å². The summed E-state index contributed by atoms with van der Waals surface area (Å²) in [5.41, 5.74) is 1.63. The summed E-state index contributed by atoms with van der Waals surface area (Å²) in [4.78, 5) is 28.7. The van der Waals surface area contributed by atoms with Gasteiger partial charge in [-0.1, -0.05) is 11.6 Å². The van der Waals surface area contributed by atoms with Gasteiger partial charge in [0.2, 0.25) is 0 Å². The van der Waals surface area contributed by atoms with Gasteiger partial charge in [-0.2, -0.15) is 18.3 Å². The maximum atomic E-state index is 13.0. The number of aryl methyl sites for hydroxylation is 1. The van der Waals surface area contributed by atoms with Crippen molar-refractivity contribution in [2.45, 2.75) is 13.1 Å². The number of aromatic nitrogens is 2. The standard InChI is InChI=1S/C23H22ClF3N6O2/c1-14-12-16(32-8-10-33(11-9-32)21(34)20-6-7-28-31-20)3-5-19(14)30-22(35)29-15-2-4-18(24)17(13-15)23(25,26)27/h2-7,12-13H,8-11H2,1H3,(H,28,31)(H2,29,30,35). The molecule has 8 nitrogen and oxygen atoms in total. The van der Waals surface area contributed by atoms with E-state index in [1.165, 1.54) is 12.3 Å². The largest absolute Gasteiger partial charge is 0.417 e. The lowest BCUT2D eigenvalue weighted by molar-refractivity contribution is -0.137. The number of carbonyl (C=O) groups excluding carboxylic acids is 2. The number of carbonyl (C=O) groups is 2. The Morgan fingerprint density at radius 2 is 1.77 bits per heavy atom. The molecule has 0 unspecified atom stereocenters. The van der Waals surface area contributed by atoms with Crippen molar-refractivity contribution in [2.75, 3.05) is 41.7 Å². The van der Waals surface area contributed by atoms with E-state index in [0.717, 1.165) is 23.4 Å². The topological polar surface area (TPSA) is 93.4 Å². The highest BCUT2D eigenvalue weighted by Crippen LogP contribution is 2.36. The fraction of sp³-hybridized carbons (Fsp3) is 0.261. The van der Waals surface area contributed by atoms with Gasteiger partial charge in [0.1, 0.15) is 5.69 Å². The van der Waals surface area contributed by atoms with Gasteiger partial charge >= 0.3 is 12.2 Å². The normalized spacial score (nSPS) is 14.1. The van der Waals surface area contributed by atoms with Crippen LogP contribution in [-0.2, 0) is 6.18 Å². The minimum atomic E-state index is -4.63. The Bertz CT molecular complexity index is 1220. The SMILES string of the molecule is Cc1cc(N2CCN(C(=O)c3ccn[nH]3)CC2)ccc1NC(=O)Nc1ccc(Cl)c(C(F)(F)F)c1. The maximum absolute atomic E-state index is 13.0. The number of hydrogen-bond donors (Lipinski definition) is 3. The summed E-state index contributed by atoms with van der Waals surface area (Å²) in [6.07, 6.45) is -3.09. The smallest absolute Gasteiger partial charge is 0.368 e. The molecule has 3 N–H and O–H groups in total. The molecule has 2 heterocycles. The number of alkyl halides is 3. The molecular weight excluding hydrogens is 485 g/mol. The molecule has 184 valence electrons. The minimum Gasteiger partial charge on any atom is -0.368 e. The van der Waals surface area contributed by atoms with E-state index < -0.39 is 22.8 Å². The quantitative estimate of drug-likeness (QED) is 0.464. The second kappa shape index (κ2) is 9.87. The Morgan fingerprint density at radius 1 is 1.03 bits per heavy atom. The van der Waals surface area contributed by atoms with E-state index in [2.05, 4.69) is 25.7 Å². The van der Waals surface area contributed by atoms with Gasteiger partial charge in [0.25, 0.3) is 5.91 Å². The van der Waals surface area contributed by atoms with Crippen LogP contribution in [0.2, 0.25) is 5.02 Å². The minimum absolute atomic E-state index is 0.0314. The number of H-pyrrole nitrogens is 1. The van der Waals surface area contributed by atoms with Gasteiger partial charge in [-0.15, -0.1) is 0 Å². The van der Waals surface area contributed by atoms with E-state index in [4.69, 9.17) is 11.6 Å². The summed E-state index contributed by atoms with van der Waals surface area (Å²) in [5, 5.41) is 11.1. The zero-order chi connectivity index (χ0) is 25.2. The van der Waals surface area contributed by atoms with E-state index >= 15 is 0 Å². The maximum Gasteiger partial charge on any atom is 0.417 e. The number of halogens is 4. The Labute approximate surface area is 204 Å². The molecule has 4 rings (SSSR count). The van der Waals surface area contributed by atoms with E-state index in [9.17, 15) is 22.8 Å². The summed E-state index contributed by atoms with van der Waals surface area (Å²) in [7, 11) is 0. The molecule has 35 heavy (non-hydrogen) atoms. The molecule has 3 amide bonds. The summed E-state index contributed by atoms with van der Waals surface area (Å²) < 4.78 is 39.1. The Kier molecular flexibility index (Phi) is 6.88. The fourth-order valence-electron chi connectivity index (χ4n) is 3.80. The van der Waals surface area contributed by atoms with Crippen molar-refractivity contribution in [3.8, 4) is 0 Å². The number of urea groups is 1. The molecule has 2 aromatic carbocycles. The van der Waals surface area contributed by atoms with Gasteiger partial charge in [-0.05, 0) is 55.0 Å². The summed E-state index contributed by atoms with van der Waals surface area (Å²) in [6.45, 7) is 4.22. The predicted molar refractivity (Wildman–Crippen MR) is 127 cm³/mol. The van der Waals surface area contributed by atoms with Gasteiger partial charge in [0.15, 0.2) is 0 Å². The van der Waals surface area contributed by atoms with E-state index in [0.29, 0.717) is 37.6 Å². The highest BCUT2D eigenvalue weighted by molar-refractivity contribution is 6.31. The average molecular weight is 507 g/mol. The molecule has 0 radical (unpaired) electrons. The fourth-order valence-corrected chi connectivity index (χ4v) is 4.03. The van der Waals surface area contributed by atoms with Crippen LogP contribution in [0.5, 0.6) is 0 Å². The van der Waals surface area contributed by atoms with E-state index in [1.807, 2.05) is 19.1 Å². The molecule has 1 fully saturated rings. The predicted octanol–water partition coefficient (Wildman–Crippen LogP) is 5.00. The Hall–Kier alpha value is -3.73. The first-order valence-corrected chi connectivity index (χ1v) is 11.1. The zero-order valence-electron chi connectivity index (χ0n) is 18.6. The van der Waals surface area contributed by atoms with E-state index in [-0.39, 0.29) is 11.6 Å². The van der Waals surface area contributed by atoms with Crippen LogP contribution < -0.4 is 15.5 Å². The van der Waals surface area contributed by atoms with Crippen molar-refractivity contribution in [3.63, 3.8) is 0 Å². The van der Waals surface area contributed by atoms with Crippen molar-refractivity contribution in [2.24, 2.45) is 0 Å². The molecule has 1 saturated heterocycles. The first kappa shape index (κ1) is 24.4. The number of benzene rings is 2. The first-order chi connectivity index (χ1) is 16.6. The van der Waals surface area contributed by atoms with Crippen molar-refractivity contribution in [3.05, 3.63) is 70.5 Å². The van der Waals surface area contributed by atoms with Crippen molar-refractivity contribution < 1.29 is 22.8 Å². The number of rotatable bonds is 4. The molecule has 0 saturated carbocycles. The number of anilines is 3. The van der Waals surface area contributed by atoms with Crippen LogP contribution in [0.4, 0.5) is 35.0 Å². The Morgan fingerprint density at radius 3 is 2.40 bits per heavy atom. The monoisotopic (exact) mass is 506 g/mol. The molecule has 1 aromatic heterocycles. The Balaban J connectivity index is 1.36. The lowest BCUT2D eigenvalue weighted by Crippen LogP contribution is -2.48. The van der Waals surface area contributed by atoms with Crippen molar-refractivity contribution in [1.29, 1.82) is 0 Å². The molecule has 0 aliphatic carbocycles. The lowest BCUT2D eigenvalue weighted by Gasteiger charge is -2.36. The average Bonchev–Trinajstić information content (AvgIpc) is 3.35. The molecule has 0 atom stereocenters. The number of nitrogens with zero attached hydrogens (tertiary/aromatic N) is 3. The number of hydrogen-bond acceptors (Lipinski definition) is 4. The van der Waals surface area contributed by atoms with Crippen LogP contribution in [0.15, 0.2) is 48.7 Å². The van der Waals surface area contributed by atoms with Crippen LogP contribution in [-0.4, -0.2) is 53.2 Å². The van der Waals surface area contributed by atoms with Crippen molar-refractivity contribution >= 4 is 40.6 Å².